The number of nitrogens with zero attached hydrogens (tertiary/aromatic N) is 2. The van der Waals surface area contributed by atoms with E-state index in [1.165, 1.54) is 0 Å². The molecule has 0 fully saturated rings. The molecule has 5 nitrogen and oxygen atoms in total. The molecule has 0 aliphatic heterocycles. The van der Waals surface area contributed by atoms with Crippen molar-refractivity contribution in [1.82, 2.24) is 4.40 Å². The number of para-hydroxylation sites is 1. The van der Waals surface area contributed by atoms with Gasteiger partial charge in [-0.2, -0.15) is 5.26 Å². The average Bonchev–Trinajstić information content (AvgIpc) is 2.90. The second kappa shape index (κ2) is 5.60. The third-order valence-electron chi connectivity index (χ3n) is 3.85. The molecule has 2 aromatic heterocycles. The van der Waals surface area contributed by atoms with E-state index < -0.39 is 5.97 Å². The molecule has 1 aliphatic carbocycles. The van der Waals surface area contributed by atoms with Crippen molar-refractivity contribution in [3.63, 3.8) is 0 Å². The van der Waals surface area contributed by atoms with E-state index in [1.54, 1.807) is 30.5 Å². The normalized spacial score (nSPS) is 12.5. The summed E-state index contributed by atoms with van der Waals surface area (Å²) in [6.45, 7) is -0.0277. The molecule has 4 rings (SSSR count). The lowest BCUT2D eigenvalue weighted by Gasteiger charge is -2.08. The zero-order valence-corrected chi connectivity index (χ0v) is 12.6. The van der Waals surface area contributed by atoms with Crippen LogP contribution in [0.15, 0.2) is 66.6 Å². The summed E-state index contributed by atoms with van der Waals surface area (Å²) in [6.07, 6.45) is 7.07. The summed E-state index contributed by atoms with van der Waals surface area (Å²) < 4.78 is 12.6. The van der Waals surface area contributed by atoms with E-state index in [0.717, 1.165) is 16.4 Å². The minimum atomic E-state index is -0.394. The number of nitriles is 1. The van der Waals surface area contributed by atoms with Crippen molar-refractivity contribution in [2.45, 2.75) is 0 Å². The Labute approximate surface area is 137 Å². The van der Waals surface area contributed by atoms with Gasteiger partial charge in [0.05, 0.1) is 22.8 Å². The number of hydrogen-bond acceptors (Lipinski definition) is 4. The minimum absolute atomic E-state index is 0.0277. The number of esters is 1. The molecule has 0 unspecified atom stereocenters. The molecule has 5 heteroatoms. The number of carbonyl (C=O) groups is 1. The largest absolute Gasteiger partial charge is 0.477 e. The molecule has 2 heterocycles. The van der Waals surface area contributed by atoms with Crippen LogP contribution in [0.5, 0.6) is 5.75 Å². The fourth-order valence-electron chi connectivity index (χ4n) is 2.73. The van der Waals surface area contributed by atoms with Gasteiger partial charge in [-0.1, -0.05) is 24.3 Å². The van der Waals surface area contributed by atoms with E-state index in [-0.39, 0.29) is 6.61 Å². The van der Waals surface area contributed by atoms with Crippen LogP contribution in [0.25, 0.3) is 16.4 Å². The van der Waals surface area contributed by atoms with E-state index in [9.17, 15) is 4.79 Å². The summed E-state index contributed by atoms with van der Waals surface area (Å²) in [7, 11) is 0. The summed E-state index contributed by atoms with van der Waals surface area (Å²) >= 11 is 0. The van der Waals surface area contributed by atoms with Gasteiger partial charge in [0.15, 0.2) is 6.61 Å². The van der Waals surface area contributed by atoms with Crippen LogP contribution in [-0.2, 0) is 4.74 Å². The van der Waals surface area contributed by atoms with Crippen LogP contribution < -0.4 is 4.74 Å². The quantitative estimate of drug-likeness (QED) is 0.690. The number of carbonyl (C=O) groups excluding carboxylic acids is 1. The van der Waals surface area contributed by atoms with Crippen LogP contribution in [0.3, 0.4) is 0 Å². The lowest BCUT2D eigenvalue weighted by atomic mass is 10.1. The number of fused-ring (bicyclic) bond motifs is 3. The Bertz CT molecular complexity index is 1070. The molecule has 0 spiro atoms. The van der Waals surface area contributed by atoms with E-state index in [0.29, 0.717) is 17.1 Å². The van der Waals surface area contributed by atoms with Gasteiger partial charge >= 0.3 is 5.97 Å². The summed E-state index contributed by atoms with van der Waals surface area (Å²) in [6, 6.07) is 13.1. The molecule has 1 aliphatic rings. The first-order valence-electron chi connectivity index (χ1n) is 7.41. The van der Waals surface area contributed by atoms with Gasteiger partial charge in [0.2, 0.25) is 0 Å². The van der Waals surface area contributed by atoms with Crippen LogP contribution in [0.2, 0.25) is 0 Å². The molecule has 0 bridgehead atoms. The molecule has 0 atom stereocenters. The molecule has 24 heavy (non-hydrogen) atoms. The maximum Gasteiger partial charge on any atom is 0.346 e. The molecule has 0 radical (unpaired) electrons. The Kier molecular flexibility index (Phi) is 3.29. The van der Waals surface area contributed by atoms with Crippen LogP contribution in [0, 0.1) is 11.3 Å². The average molecular weight is 316 g/mol. The van der Waals surface area contributed by atoms with E-state index in [2.05, 4.69) is 0 Å². The number of rotatable bonds is 4. The van der Waals surface area contributed by atoms with Gasteiger partial charge in [-0.05, 0) is 30.4 Å². The van der Waals surface area contributed by atoms with Crippen molar-refractivity contribution in [3.05, 3.63) is 72.1 Å². The molecule has 3 aromatic rings. The Balaban J connectivity index is 1.87. The van der Waals surface area contributed by atoms with Crippen molar-refractivity contribution in [2.75, 3.05) is 6.61 Å². The van der Waals surface area contributed by atoms with Crippen LogP contribution in [0.4, 0.5) is 0 Å². The van der Waals surface area contributed by atoms with Gasteiger partial charge in [0.1, 0.15) is 17.6 Å². The summed E-state index contributed by atoms with van der Waals surface area (Å²) in [5.41, 5.74) is 2.12. The Hall–Kier alpha value is -3.52. The number of ether oxygens (including phenoxy) is 2. The molecule has 0 amide bonds. The van der Waals surface area contributed by atoms with Gasteiger partial charge in [-0.3, -0.25) is 0 Å². The monoisotopic (exact) mass is 316 g/mol. The predicted octanol–water partition coefficient (Wildman–Crippen LogP) is 3.61. The second-order valence-electron chi connectivity index (χ2n) is 5.28. The van der Waals surface area contributed by atoms with E-state index in [4.69, 9.17) is 14.7 Å². The van der Waals surface area contributed by atoms with Crippen LogP contribution in [-0.4, -0.2) is 17.0 Å². The first kappa shape index (κ1) is 14.1. The SMILES string of the molecule is N#CCOc1ccc2c(C(=O)OC3=CC=C3)c3ccccc3n2c1. The predicted molar refractivity (Wildman–Crippen MR) is 88.6 cm³/mol. The molecule has 0 saturated carbocycles. The van der Waals surface area contributed by atoms with Crippen LogP contribution in [0.1, 0.15) is 10.4 Å². The minimum Gasteiger partial charge on any atom is -0.477 e. The Morgan fingerprint density at radius 3 is 2.75 bits per heavy atom. The highest BCUT2D eigenvalue weighted by atomic mass is 16.5. The highest BCUT2D eigenvalue weighted by Crippen LogP contribution is 2.30. The van der Waals surface area contributed by atoms with Gasteiger partial charge < -0.3 is 13.9 Å². The summed E-state index contributed by atoms with van der Waals surface area (Å²) in [5.74, 6) is 0.724. The van der Waals surface area contributed by atoms with Gasteiger partial charge in [0, 0.05) is 5.39 Å². The summed E-state index contributed by atoms with van der Waals surface area (Å²) in [4.78, 5) is 12.6. The highest BCUT2D eigenvalue weighted by Gasteiger charge is 2.21. The van der Waals surface area contributed by atoms with Crippen molar-refractivity contribution in [1.29, 1.82) is 5.26 Å². The molecule has 0 saturated heterocycles. The molecular weight excluding hydrogens is 304 g/mol. The number of hydrogen-bond donors (Lipinski definition) is 0. The van der Waals surface area contributed by atoms with E-state index >= 15 is 0 Å². The topological polar surface area (TPSA) is 63.7 Å². The molecule has 0 N–H and O–H groups in total. The maximum atomic E-state index is 12.6. The first-order chi connectivity index (χ1) is 11.8. The lowest BCUT2D eigenvalue weighted by Crippen LogP contribution is -2.06. The molecule has 116 valence electrons. The molecule has 1 aromatic carbocycles. The van der Waals surface area contributed by atoms with Crippen molar-refractivity contribution in [3.8, 4) is 11.8 Å². The fraction of sp³-hybridized carbons (Fsp3) is 0.0526. The summed E-state index contributed by atoms with van der Waals surface area (Å²) in [5, 5.41) is 9.46. The standard InChI is InChI=1S/C19H12N2O3/c20-10-11-23-14-8-9-17-18(19(22)24-13-4-3-5-13)15-6-1-2-7-16(15)21(17)12-14/h1-9,12H,11H2. The smallest absolute Gasteiger partial charge is 0.346 e. The maximum absolute atomic E-state index is 12.6. The third-order valence-corrected chi connectivity index (χ3v) is 3.85. The fourth-order valence-corrected chi connectivity index (χ4v) is 2.73. The van der Waals surface area contributed by atoms with Crippen molar-refractivity contribution < 1.29 is 14.3 Å². The Morgan fingerprint density at radius 2 is 2.00 bits per heavy atom. The zero-order valence-electron chi connectivity index (χ0n) is 12.6. The lowest BCUT2D eigenvalue weighted by molar-refractivity contribution is 0.0638. The van der Waals surface area contributed by atoms with Crippen molar-refractivity contribution in [2.24, 2.45) is 0 Å². The zero-order chi connectivity index (χ0) is 16.5. The van der Waals surface area contributed by atoms with Gasteiger partial charge in [0.25, 0.3) is 0 Å². The number of benzene rings is 1. The van der Waals surface area contributed by atoms with Crippen LogP contribution >= 0.6 is 0 Å². The van der Waals surface area contributed by atoms with Gasteiger partial charge in [-0.25, -0.2) is 4.79 Å². The number of pyridine rings is 1. The molecular formula is C19H12N2O3. The second-order valence-corrected chi connectivity index (χ2v) is 5.28. The number of aromatic nitrogens is 1. The Morgan fingerprint density at radius 1 is 1.17 bits per heavy atom. The third kappa shape index (κ3) is 2.22. The first-order valence-corrected chi connectivity index (χ1v) is 7.41. The van der Waals surface area contributed by atoms with E-state index in [1.807, 2.05) is 40.8 Å². The van der Waals surface area contributed by atoms with Gasteiger partial charge in [-0.15, -0.1) is 0 Å². The number of allylic oxidation sites excluding steroid dienone is 3. The highest BCUT2D eigenvalue weighted by molar-refractivity contribution is 6.12. The van der Waals surface area contributed by atoms with Crippen molar-refractivity contribution >= 4 is 22.4 Å².